The first kappa shape index (κ1) is 12.4. The molecule has 0 heterocycles. The minimum absolute atomic E-state index is 0.0778. The van der Waals surface area contributed by atoms with E-state index in [4.69, 9.17) is 5.73 Å². The van der Waals surface area contributed by atoms with E-state index in [9.17, 15) is 18.3 Å². The van der Waals surface area contributed by atoms with Gasteiger partial charge in [0.05, 0.1) is 6.10 Å². The largest absolute Gasteiger partial charge is 0.393 e. The fraction of sp³-hybridized carbons (Fsp3) is 0.500. The zero-order chi connectivity index (χ0) is 12.8. The number of benzene rings is 1. The van der Waals surface area contributed by atoms with Crippen molar-refractivity contribution in [3.63, 3.8) is 0 Å². The highest BCUT2D eigenvalue weighted by molar-refractivity contribution is 5.36. The van der Waals surface area contributed by atoms with E-state index >= 15 is 0 Å². The molecule has 0 amide bonds. The lowest BCUT2D eigenvalue weighted by atomic mass is 9.83. The van der Waals surface area contributed by atoms with Crippen molar-refractivity contribution in [3.05, 3.63) is 35.1 Å². The molecule has 0 aromatic heterocycles. The summed E-state index contributed by atoms with van der Waals surface area (Å²) in [5.41, 5.74) is 3.98. The summed E-state index contributed by atoms with van der Waals surface area (Å²) < 4.78 is 39.8. The van der Waals surface area contributed by atoms with Gasteiger partial charge in [-0.05, 0) is 30.5 Å². The summed E-state index contributed by atoms with van der Waals surface area (Å²) in [5, 5.41) is 9.33. The molecule has 0 bridgehead atoms. The first-order valence-corrected chi connectivity index (χ1v) is 5.39. The van der Waals surface area contributed by atoms with Gasteiger partial charge in [0, 0.05) is 5.92 Å². The van der Waals surface area contributed by atoms with Crippen molar-refractivity contribution in [1.82, 2.24) is 0 Å². The standard InChI is InChI=1S/C12H14F3NO/c1-6-7(3-2-4-9(6)13)12(16,11(14)15)8-5-10(8)17/h2-4,8,10-11,17H,5,16H2,1H3/t8?,10-,12-/m1/s1. The molecule has 0 saturated heterocycles. The molecule has 94 valence electrons. The van der Waals surface area contributed by atoms with Gasteiger partial charge in [0.2, 0.25) is 0 Å². The summed E-state index contributed by atoms with van der Waals surface area (Å²) in [5.74, 6) is -1.27. The molecule has 1 unspecified atom stereocenters. The Balaban J connectivity index is 2.50. The number of aliphatic hydroxyl groups excluding tert-OH is 1. The molecule has 1 aliphatic rings. The van der Waals surface area contributed by atoms with Crippen molar-refractivity contribution >= 4 is 0 Å². The maximum absolute atomic E-state index is 13.4. The lowest BCUT2D eigenvalue weighted by Gasteiger charge is -2.31. The number of rotatable bonds is 3. The molecule has 17 heavy (non-hydrogen) atoms. The van der Waals surface area contributed by atoms with Crippen molar-refractivity contribution in [2.45, 2.75) is 31.4 Å². The molecule has 1 fully saturated rings. The lowest BCUT2D eigenvalue weighted by molar-refractivity contribution is 0.0277. The zero-order valence-electron chi connectivity index (χ0n) is 9.33. The van der Waals surface area contributed by atoms with Crippen LogP contribution in [0.1, 0.15) is 17.5 Å². The highest BCUT2D eigenvalue weighted by atomic mass is 19.3. The molecule has 0 radical (unpaired) electrons. The fourth-order valence-corrected chi connectivity index (χ4v) is 2.25. The topological polar surface area (TPSA) is 46.2 Å². The molecule has 0 spiro atoms. The summed E-state index contributed by atoms with van der Waals surface area (Å²) in [6.45, 7) is 1.42. The highest BCUT2D eigenvalue weighted by Crippen LogP contribution is 2.48. The van der Waals surface area contributed by atoms with Crippen LogP contribution in [0.25, 0.3) is 0 Å². The molecule has 0 aliphatic heterocycles. The van der Waals surface area contributed by atoms with Gasteiger partial charge in [0.15, 0.2) is 0 Å². The summed E-state index contributed by atoms with van der Waals surface area (Å²) in [7, 11) is 0. The second-order valence-corrected chi connectivity index (χ2v) is 4.56. The van der Waals surface area contributed by atoms with Crippen molar-refractivity contribution < 1.29 is 18.3 Å². The molecular weight excluding hydrogens is 231 g/mol. The molecule has 3 N–H and O–H groups in total. The summed E-state index contributed by atoms with van der Waals surface area (Å²) in [6, 6.07) is 3.96. The van der Waals surface area contributed by atoms with Gasteiger partial charge in [-0.2, -0.15) is 0 Å². The molecule has 1 aromatic carbocycles. The van der Waals surface area contributed by atoms with Gasteiger partial charge < -0.3 is 10.8 Å². The Morgan fingerprint density at radius 3 is 2.53 bits per heavy atom. The van der Waals surface area contributed by atoms with Gasteiger partial charge in [-0.15, -0.1) is 0 Å². The van der Waals surface area contributed by atoms with Crippen molar-refractivity contribution in [2.24, 2.45) is 11.7 Å². The Morgan fingerprint density at radius 2 is 2.06 bits per heavy atom. The van der Waals surface area contributed by atoms with Gasteiger partial charge in [0.25, 0.3) is 6.43 Å². The monoisotopic (exact) mass is 245 g/mol. The SMILES string of the molecule is Cc1c(F)cccc1[C@](N)(C(F)F)C1C[C@H]1O. The average Bonchev–Trinajstić information content (AvgIpc) is 2.99. The van der Waals surface area contributed by atoms with E-state index in [1.165, 1.54) is 25.1 Å². The summed E-state index contributed by atoms with van der Waals surface area (Å²) in [6.07, 6.45) is -3.43. The van der Waals surface area contributed by atoms with Gasteiger partial charge >= 0.3 is 0 Å². The predicted molar refractivity (Wildman–Crippen MR) is 57.1 cm³/mol. The van der Waals surface area contributed by atoms with Crippen LogP contribution in [-0.2, 0) is 5.54 Å². The molecule has 1 aromatic rings. The minimum Gasteiger partial charge on any atom is -0.393 e. The van der Waals surface area contributed by atoms with Crippen LogP contribution in [0, 0.1) is 18.7 Å². The smallest absolute Gasteiger partial charge is 0.260 e. The van der Waals surface area contributed by atoms with Gasteiger partial charge in [-0.3, -0.25) is 0 Å². The number of halogens is 3. The average molecular weight is 245 g/mol. The van der Waals surface area contributed by atoms with E-state index in [1.807, 2.05) is 0 Å². The highest BCUT2D eigenvalue weighted by Gasteiger charge is 2.56. The van der Waals surface area contributed by atoms with Crippen LogP contribution >= 0.6 is 0 Å². The first-order valence-electron chi connectivity index (χ1n) is 5.39. The maximum Gasteiger partial charge on any atom is 0.260 e. The Bertz CT molecular complexity index is 438. The third kappa shape index (κ3) is 1.83. The molecule has 2 rings (SSSR count). The molecule has 1 aliphatic carbocycles. The number of alkyl halides is 2. The van der Waals surface area contributed by atoms with Crippen LogP contribution in [0.4, 0.5) is 13.2 Å². The van der Waals surface area contributed by atoms with Crippen LogP contribution in [0.2, 0.25) is 0 Å². The van der Waals surface area contributed by atoms with E-state index in [2.05, 4.69) is 0 Å². The number of aliphatic hydroxyl groups is 1. The minimum atomic E-state index is -2.84. The van der Waals surface area contributed by atoms with Crippen LogP contribution in [0.3, 0.4) is 0 Å². The molecule has 3 atom stereocenters. The number of nitrogens with two attached hydrogens (primary N) is 1. The molecule has 2 nitrogen and oxygen atoms in total. The third-order valence-electron chi connectivity index (χ3n) is 3.47. The van der Waals surface area contributed by atoms with Crippen molar-refractivity contribution in [1.29, 1.82) is 0 Å². The van der Waals surface area contributed by atoms with E-state index in [0.717, 1.165) is 0 Å². The lowest BCUT2D eigenvalue weighted by Crippen LogP contribution is -2.47. The van der Waals surface area contributed by atoms with Gasteiger partial charge in [0.1, 0.15) is 11.4 Å². The first-order chi connectivity index (χ1) is 7.89. The van der Waals surface area contributed by atoms with E-state index in [0.29, 0.717) is 0 Å². The summed E-state index contributed by atoms with van der Waals surface area (Å²) >= 11 is 0. The Labute approximate surface area is 97.2 Å². The normalized spacial score (nSPS) is 27.0. The van der Waals surface area contributed by atoms with E-state index in [-0.39, 0.29) is 17.5 Å². The zero-order valence-corrected chi connectivity index (χ0v) is 9.33. The molecule has 1 saturated carbocycles. The summed E-state index contributed by atoms with van der Waals surface area (Å²) in [4.78, 5) is 0. The third-order valence-corrected chi connectivity index (χ3v) is 3.47. The predicted octanol–water partition coefficient (Wildman–Crippen LogP) is 1.93. The Kier molecular flexibility index (Phi) is 2.91. The van der Waals surface area contributed by atoms with Crippen molar-refractivity contribution in [3.8, 4) is 0 Å². The van der Waals surface area contributed by atoms with Gasteiger partial charge in [-0.25, -0.2) is 13.2 Å². The van der Waals surface area contributed by atoms with Crippen LogP contribution in [-0.4, -0.2) is 17.6 Å². The van der Waals surface area contributed by atoms with Crippen molar-refractivity contribution in [2.75, 3.05) is 0 Å². The van der Waals surface area contributed by atoms with Crippen LogP contribution in [0.15, 0.2) is 18.2 Å². The van der Waals surface area contributed by atoms with Crippen LogP contribution < -0.4 is 5.73 Å². The van der Waals surface area contributed by atoms with Gasteiger partial charge in [-0.1, -0.05) is 12.1 Å². The second-order valence-electron chi connectivity index (χ2n) is 4.56. The molecular formula is C12H14F3NO. The fourth-order valence-electron chi connectivity index (χ4n) is 2.25. The maximum atomic E-state index is 13.4. The van der Waals surface area contributed by atoms with E-state index in [1.54, 1.807) is 0 Å². The molecule has 5 heteroatoms. The Hall–Kier alpha value is -1.07. The van der Waals surface area contributed by atoms with E-state index < -0.39 is 29.8 Å². The second kappa shape index (κ2) is 3.99. The number of hydrogen-bond acceptors (Lipinski definition) is 2. The number of hydrogen-bond donors (Lipinski definition) is 2. The quantitative estimate of drug-likeness (QED) is 0.854. The van der Waals surface area contributed by atoms with Crippen LogP contribution in [0.5, 0.6) is 0 Å². The Morgan fingerprint density at radius 1 is 1.47 bits per heavy atom.